The maximum Gasteiger partial charge on any atom is 0.326 e. The molecule has 0 fully saturated rings. The Hall–Kier alpha value is -2.01. The lowest BCUT2D eigenvalue weighted by molar-refractivity contribution is -0.139. The maximum absolute atomic E-state index is 12.2. The number of carbonyl (C=O) groups excluding carboxylic acids is 1. The Kier molecular flexibility index (Phi) is 4.53. The first kappa shape index (κ1) is 15.4. The molecular weight excluding hydrogens is 294 g/mol. The molecule has 1 heterocycles. The molecule has 0 spiro atoms. The van der Waals surface area contributed by atoms with Gasteiger partial charge in [-0.15, -0.1) is 0 Å². The summed E-state index contributed by atoms with van der Waals surface area (Å²) in [6.45, 7) is 3.60. The highest BCUT2D eigenvalue weighted by Gasteiger charge is 2.24. The molecule has 2 N–H and O–H groups in total. The summed E-state index contributed by atoms with van der Waals surface area (Å²) in [6.07, 6.45) is 1.02. The van der Waals surface area contributed by atoms with Crippen molar-refractivity contribution in [2.45, 2.75) is 32.7 Å². The van der Waals surface area contributed by atoms with Crippen molar-refractivity contribution in [2.24, 2.45) is 0 Å². The van der Waals surface area contributed by atoms with Crippen molar-refractivity contribution >= 4 is 34.4 Å². The Morgan fingerprint density at radius 2 is 2.14 bits per heavy atom. The summed E-state index contributed by atoms with van der Waals surface area (Å²) in [6, 6.07) is 4.32. The van der Waals surface area contributed by atoms with E-state index in [4.69, 9.17) is 21.1 Å². The maximum atomic E-state index is 12.2. The van der Waals surface area contributed by atoms with Crippen LogP contribution in [0.5, 0.6) is 0 Å². The number of benzene rings is 1. The molecule has 0 radical (unpaired) electrons. The van der Waals surface area contributed by atoms with Crippen molar-refractivity contribution in [1.29, 1.82) is 0 Å². The van der Waals surface area contributed by atoms with Crippen molar-refractivity contribution in [3.8, 4) is 0 Å². The van der Waals surface area contributed by atoms with Gasteiger partial charge in [0.1, 0.15) is 6.04 Å². The standard InChI is InChI=1S/C15H16ClNO4/c1-3-5-11(15(19)20)17-14(18)12-8(2)9-6-4-7-10(16)13(9)21-12/h4,6-7,11H,3,5H2,1-2H3,(H,17,18)(H,19,20). The minimum atomic E-state index is -1.06. The van der Waals surface area contributed by atoms with Gasteiger partial charge in [0.05, 0.1) is 5.02 Å². The molecule has 2 rings (SSSR count). The molecule has 1 amide bonds. The summed E-state index contributed by atoms with van der Waals surface area (Å²) in [5, 5.41) is 12.7. The van der Waals surface area contributed by atoms with Gasteiger partial charge in [-0.1, -0.05) is 37.1 Å². The Labute approximate surface area is 126 Å². The molecule has 1 aromatic carbocycles. The fraction of sp³-hybridized carbons (Fsp3) is 0.333. The van der Waals surface area contributed by atoms with Gasteiger partial charge in [-0.25, -0.2) is 4.79 Å². The van der Waals surface area contributed by atoms with Crippen molar-refractivity contribution in [3.05, 3.63) is 34.5 Å². The molecular formula is C15H16ClNO4. The molecule has 1 aromatic heterocycles. The molecule has 2 aromatic rings. The SMILES string of the molecule is CCCC(NC(=O)c1oc2c(Cl)cccc2c1C)C(=O)O. The van der Waals surface area contributed by atoms with Crippen molar-refractivity contribution in [3.63, 3.8) is 0 Å². The highest BCUT2D eigenvalue weighted by atomic mass is 35.5. The second-order valence-corrected chi connectivity index (χ2v) is 5.23. The number of carboxylic acids is 1. The van der Waals surface area contributed by atoms with E-state index < -0.39 is 17.9 Å². The van der Waals surface area contributed by atoms with Crippen LogP contribution in [-0.2, 0) is 4.79 Å². The highest BCUT2D eigenvalue weighted by molar-refractivity contribution is 6.35. The Balaban J connectivity index is 2.33. The summed E-state index contributed by atoms with van der Waals surface area (Å²) < 4.78 is 5.51. The van der Waals surface area contributed by atoms with Crippen LogP contribution < -0.4 is 5.32 Å². The van der Waals surface area contributed by atoms with Crippen LogP contribution in [0.25, 0.3) is 11.0 Å². The number of carbonyl (C=O) groups is 2. The largest absolute Gasteiger partial charge is 0.480 e. The summed E-state index contributed by atoms with van der Waals surface area (Å²) in [7, 11) is 0. The zero-order chi connectivity index (χ0) is 15.6. The number of para-hydroxylation sites is 1. The second kappa shape index (κ2) is 6.18. The number of carboxylic acid groups (broad SMARTS) is 1. The molecule has 0 saturated carbocycles. The van der Waals surface area contributed by atoms with E-state index in [2.05, 4.69) is 5.32 Å². The molecule has 0 saturated heterocycles. The molecule has 5 nitrogen and oxygen atoms in total. The van der Waals surface area contributed by atoms with Gasteiger partial charge in [0.25, 0.3) is 5.91 Å². The minimum absolute atomic E-state index is 0.0976. The zero-order valence-corrected chi connectivity index (χ0v) is 12.5. The summed E-state index contributed by atoms with van der Waals surface area (Å²) >= 11 is 6.03. The van der Waals surface area contributed by atoms with Crippen LogP contribution in [0.3, 0.4) is 0 Å². The smallest absolute Gasteiger partial charge is 0.326 e. The van der Waals surface area contributed by atoms with Crippen LogP contribution in [0.4, 0.5) is 0 Å². The van der Waals surface area contributed by atoms with E-state index in [1.54, 1.807) is 25.1 Å². The van der Waals surface area contributed by atoms with Crippen molar-refractivity contribution in [1.82, 2.24) is 5.32 Å². The van der Waals surface area contributed by atoms with E-state index in [9.17, 15) is 9.59 Å². The van der Waals surface area contributed by atoms with E-state index in [1.807, 2.05) is 6.92 Å². The van der Waals surface area contributed by atoms with Crippen LogP contribution in [0.1, 0.15) is 35.9 Å². The first-order chi connectivity index (χ1) is 9.95. The first-order valence-electron chi connectivity index (χ1n) is 6.67. The predicted molar refractivity (Wildman–Crippen MR) is 79.8 cm³/mol. The number of furan rings is 1. The lowest BCUT2D eigenvalue weighted by atomic mass is 10.1. The van der Waals surface area contributed by atoms with E-state index in [0.29, 0.717) is 29.0 Å². The van der Waals surface area contributed by atoms with Crippen LogP contribution in [0, 0.1) is 6.92 Å². The number of hydrogen-bond acceptors (Lipinski definition) is 3. The molecule has 0 aliphatic rings. The molecule has 0 aliphatic heterocycles. The van der Waals surface area contributed by atoms with Crippen LogP contribution in [0.2, 0.25) is 5.02 Å². The predicted octanol–water partition coefficient (Wildman–Crippen LogP) is 3.38. The monoisotopic (exact) mass is 309 g/mol. The van der Waals surface area contributed by atoms with Gasteiger partial charge < -0.3 is 14.8 Å². The van der Waals surface area contributed by atoms with Gasteiger partial charge in [0.2, 0.25) is 0 Å². The average Bonchev–Trinajstić information content (AvgIpc) is 2.77. The van der Waals surface area contributed by atoms with Crippen molar-refractivity contribution < 1.29 is 19.1 Å². The molecule has 21 heavy (non-hydrogen) atoms. The molecule has 0 bridgehead atoms. The number of nitrogens with one attached hydrogen (secondary N) is 1. The van der Waals surface area contributed by atoms with Gasteiger partial charge >= 0.3 is 5.97 Å². The summed E-state index contributed by atoms with van der Waals surface area (Å²) in [4.78, 5) is 23.3. The van der Waals surface area contributed by atoms with Gasteiger partial charge in [0.15, 0.2) is 11.3 Å². The van der Waals surface area contributed by atoms with Crippen molar-refractivity contribution in [2.75, 3.05) is 0 Å². The topological polar surface area (TPSA) is 79.5 Å². The molecule has 1 unspecified atom stereocenters. The number of halogens is 1. The Bertz CT molecular complexity index is 692. The van der Waals surface area contributed by atoms with Gasteiger partial charge in [-0.05, 0) is 19.4 Å². The number of rotatable bonds is 5. The van der Waals surface area contributed by atoms with E-state index in [1.165, 1.54) is 0 Å². The number of aryl methyl sites for hydroxylation is 1. The molecule has 112 valence electrons. The normalized spacial score (nSPS) is 12.3. The van der Waals surface area contributed by atoms with Crippen LogP contribution in [0.15, 0.2) is 22.6 Å². The quantitative estimate of drug-likeness (QED) is 0.887. The van der Waals surface area contributed by atoms with Gasteiger partial charge in [-0.3, -0.25) is 4.79 Å². The molecule has 0 aliphatic carbocycles. The Morgan fingerprint density at radius 3 is 2.71 bits per heavy atom. The lowest BCUT2D eigenvalue weighted by Crippen LogP contribution is -2.40. The number of amides is 1. The van der Waals surface area contributed by atoms with E-state index in [-0.39, 0.29) is 5.76 Å². The minimum Gasteiger partial charge on any atom is -0.480 e. The fourth-order valence-electron chi connectivity index (χ4n) is 2.20. The first-order valence-corrected chi connectivity index (χ1v) is 7.04. The number of hydrogen-bond donors (Lipinski definition) is 2. The highest BCUT2D eigenvalue weighted by Crippen LogP contribution is 2.30. The second-order valence-electron chi connectivity index (χ2n) is 4.83. The fourth-order valence-corrected chi connectivity index (χ4v) is 2.41. The zero-order valence-electron chi connectivity index (χ0n) is 11.8. The van der Waals surface area contributed by atoms with E-state index >= 15 is 0 Å². The average molecular weight is 310 g/mol. The Morgan fingerprint density at radius 1 is 1.43 bits per heavy atom. The lowest BCUT2D eigenvalue weighted by Gasteiger charge is -2.12. The summed E-state index contributed by atoms with van der Waals surface area (Å²) in [5.41, 5.74) is 1.08. The van der Waals surface area contributed by atoms with Crippen LogP contribution in [-0.4, -0.2) is 23.0 Å². The third-order valence-corrected chi connectivity index (χ3v) is 3.60. The number of aliphatic carboxylic acids is 1. The van der Waals surface area contributed by atoms with Crippen LogP contribution >= 0.6 is 11.6 Å². The third kappa shape index (κ3) is 3.03. The van der Waals surface area contributed by atoms with Gasteiger partial charge in [0, 0.05) is 10.9 Å². The number of fused-ring (bicyclic) bond motifs is 1. The van der Waals surface area contributed by atoms with E-state index in [0.717, 1.165) is 5.39 Å². The summed E-state index contributed by atoms with van der Waals surface area (Å²) in [5.74, 6) is -1.50. The molecule has 6 heteroatoms. The van der Waals surface area contributed by atoms with Gasteiger partial charge in [-0.2, -0.15) is 0 Å². The third-order valence-electron chi connectivity index (χ3n) is 3.30. The molecule has 1 atom stereocenters.